The molecule has 122 valence electrons. The van der Waals surface area contributed by atoms with Crippen LogP contribution in [0, 0.1) is 11.8 Å². The van der Waals surface area contributed by atoms with Gasteiger partial charge in [0.2, 0.25) is 11.6 Å². The minimum absolute atomic E-state index is 0.0217. The molecule has 1 aromatic carbocycles. The van der Waals surface area contributed by atoms with Crippen molar-refractivity contribution in [1.29, 1.82) is 0 Å². The van der Waals surface area contributed by atoms with E-state index in [0.29, 0.717) is 12.0 Å². The number of carbonyl (C=O) groups excluding carboxylic acids is 3. The van der Waals surface area contributed by atoms with Crippen LogP contribution in [0.1, 0.15) is 42.6 Å². The van der Waals surface area contributed by atoms with Crippen molar-refractivity contribution >= 4 is 23.3 Å². The second kappa shape index (κ2) is 6.77. The fraction of sp³-hybridized carbons (Fsp3) is 0.389. The summed E-state index contributed by atoms with van der Waals surface area (Å²) in [5.74, 6) is -2.69. The van der Waals surface area contributed by atoms with Crippen molar-refractivity contribution in [2.45, 2.75) is 26.7 Å². The number of Topliss-reactive ketones (excluding diaryl/α,β-unsaturated/α-hetero) is 2. The molecule has 0 spiro atoms. The predicted molar refractivity (Wildman–Crippen MR) is 84.9 cm³/mol. The number of fused-ring (bicyclic) bond motifs is 1. The molecular formula is C18H20O5. The third kappa shape index (κ3) is 3.04. The van der Waals surface area contributed by atoms with Gasteiger partial charge in [-0.05, 0) is 5.92 Å². The average molecular weight is 316 g/mol. The molecule has 1 N–H and O–H groups in total. The summed E-state index contributed by atoms with van der Waals surface area (Å²) in [6, 6.07) is 6.44. The maximum absolute atomic E-state index is 12.5. The van der Waals surface area contributed by atoms with Crippen molar-refractivity contribution < 1.29 is 24.2 Å². The number of benzene rings is 1. The summed E-state index contributed by atoms with van der Waals surface area (Å²) in [5, 5.41) is 10.6. The van der Waals surface area contributed by atoms with Crippen LogP contribution < -0.4 is 0 Å². The molecule has 0 aliphatic heterocycles. The summed E-state index contributed by atoms with van der Waals surface area (Å²) in [4.78, 5) is 36.5. The Morgan fingerprint density at radius 1 is 1.17 bits per heavy atom. The number of allylic oxidation sites excluding steroid dienone is 1. The number of aliphatic hydroxyl groups excluding tert-OH is 1. The molecule has 0 bridgehead atoms. The van der Waals surface area contributed by atoms with Gasteiger partial charge in [0.25, 0.3) is 0 Å². The Morgan fingerprint density at radius 2 is 1.78 bits per heavy atom. The van der Waals surface area contributed by atoms with Gasteiger partial charge in [-0.15, -0.1) is 0 Å². The Labute approximate surface area is 135 Å². The van der Waals surface area contributed by atoms with E-state index in [2.05, 4.69) is 0 Å². The van der Waals surface area contributed by atoms with Gasteiger partial charge < -0.3 is 9.84 Å². The standard InChI is InChI=1S/C18H20O5/c1-4-10(2)13(9-14(19)23-3)15-16(20)11-7-5-6-8-12(11)17(21)18(15)22/h5-8,10,13,20H,4,9H2,1-3H3/t10?,13-/m0/s1. The third-order valence-corrected chi connectivity index (χ3v) is 4.45. The van der Waals surface area contributed by atoms with E-state index in [1.165, 1.54) is 13.2 Å². The van der Waals surface area contributed by atoms with Crippen molar-refractivity contribution in [3.63, 3.8) is 0 Å². The SMILES string of the molecule is CCC(C)[C@H](CC(=O)OC)C1=C(O)c2ccccc2C(=O)C1=O. The molecule has 1 aliphatic carbocycles. The maximum atomic E-state index is 12.5. The lowest BCUT2D eigenvalue weighted by molar-refractivity contribution is -0.141. The first-order chi connectivity index (χ1) is 10.9. The highest BCUT2D eigenvalue weighted by Crippen LogP contribution is 2.37. The normalized spacial score (nSPS) is 16.8. The summed E-state index contributed by atoms with van der Waals surface area (Å²) in [6.45, 7) is 3.81. The molecule has 0 fully saturated rings. The van der Waals surface area contributed by atoms with Crippen molar-refractivity contribution in [2.24, 2.45) is 11.8 Å². The van der Waals surface area contributed by atoms with Crippen LogP contribution in [0.2, 0.25) is 0 Å². The number of hydrogen-bond acceptors (Lipinski definition) is 5. The van der Waals surface area contributed by atoms with E-state index >= 15 is 0 Å². The van der Waals surface area contributed by atoms with Gasteiger partial charge >= 0.3 is 5.97 Å². The Kier molecular flexibility index (Phi) is 4.98. The molecular weight excluding hydrogens is 296 g/mol. The highest BCUT2D eigenvalue weighted by atomic mass is 16.5. The largest absolute Gasteiger partial charge is 0.507 e. The van der Waals surface area contributed by atoms with Crippen LogP contribution in [0.3, 0.4) is 0 Å². The topological polar surface area (TPSA) is 80.7 Å². The average Bonchev–Trinajstić information content (AvgIpc) is 2.58. The minimum atomic E-state index is -0.740. The molecule has 5 nitrogen and oxygen atoms in total. The molecule has 2 atom stereocenters. The molecule has 0 radical (unpaired) electrons. The van der Waals surface area contributed by atoms with Gasteiger partial charge in [-0.25, -0.2) is 0 Å². The third-order valence-electron chi connectivity index (χ3n) is 4.45. The van der Waals surface area contributed by atoms with Crippen LogP contribution >= 0.6 is 0 Å². The lowest BCUT2D eigenvalue weighted by Gasteiger charge is -2.27. The van der Waals surface area contributed by atoms with E-state index < -0.39 is 23.5 Å². The number of hydrogen-bond donors (Lipinski definition) is 1. The molecule has 5 heteroatoms. The molecule has 0 aromatic heterocycles. The van der Waals surface area contributed by atoms with Crippen LogP contribution in [0.5, 0.6) is 0 Å². The van der Waals surface area contributed by atoms with Crippen LogP contribution in [0.15, 0.2) is 29.8 Å². The molecule has 0 heterocycles. The van der Waals surface area contributed by atoms with Gasteiger partial charge in [0, 0.05) is 22.6 Å². The van der Waals surface area contributed by atoms with Crippen LogP contribution in [-0.4, -0.2) is 29.8 Å². The number of ketones is 2. The first-order valence-corrected chi connectivity index (χ1v) is 7.60. The highest BCUT2D eigenvalue weighted by Gasteiger charge is 2.39. The molecule has 0 amide bonds. The van der Waals surface area contributed by atoms with Gasteiger partial charge in [-0.1, -0.05) is 44.5 Å². The summed E-state index contributed by atoms with van der Waals surface area (Å²) < 4.78 is 4.69. The van der Waals surface area contributed by atoms with E-state index in [0.717, 1.165) is 0 Å². The quantitative estimate of drug-likeness (QED) is 0.667. The number of rotatable bonds is 5. The molecule has 23 heavy (non-hydrogen) atoms. The summed E-state index contributed by atoms with van der Waals surface area (Å²) in [6.07, 6.45) is 0.646. The zero-order chi connectivity index (χ0) is 17.1. The van der Waals surface area contributed by atoms with Crippen molar-refractivity contribution in [3.8, 4) is 0 Å². The molecule has 2 rings (SSSR count). The number of methoxy groups -OCH3 is 1. The minimum Gasteiger partial charge on any atom is -0.507 e. The van der Waals surface area contributed by atoms with E-state index in [1.807, 2.05) is 13.8 Å². The lowest BCUT2D eigenvalue weighted by Crippen LogP contribution is -2.32. The monoisotopic (exact) mass is 316 g/mol. The fourth-order valence-electron chi connectivity index (χ4n) is 2.86. The molecule has 1 aromatic rings. The first-order valence-electron chi connectivity index (χ1n) is 7.60. The summed E-state index contributed by atoms with van der Waals surface area (Å²) in [5.41, 5.74) is 0.554. The molecule has 0 saturated carbocycles. The Morgan fingerprint density at radius 3 is 2.35 bits per heavy atom. The highest BCUT2D eigenvalue weighted by molar-refractivity contribution is 6.52. The van der Waals surface area contributed by atoms with E-state index in [-0.39, 0.29) is 29.2 Å². The van der Waals surface area contributed by atoms with E-state index in [4.69, 9.17) is 4.74 Å². The van der Waals surface area contributed by atoms with Gasteiger partial charge in [0.05, 0.1) is 13.5 Å². The smallest absolute Gasteiger partial charge is 0.306 e. The Bertz CT molecular complexity index is 686. The lowest BCUT2D eigenvalue weighted by atomic mass is 9.75. The van der Waals surface area contributed by atoms with Crippen LogP contribution in [0.4, 0.5) is 0 Å². The van der Waals surface area contributed by atoms with Crippen LogP contribution in [-0.2, 0) is 14.3 Å². The second-order valence-electron chi connectivity index (χ2n) is 5.74. The number of aliphatic hydroxyl groups is 1. The zero-order valence-corrected chi connectivity index (χ0v) is 13.5. The summed E-state index contributed by atoms with van der Waals surface area (Å²) in [7, 11) is 1.27. The second-order valence-corrected chi connectivity index (χ2v) is 5.74. The fourth-order valence-corrected chi connectivity index (χ4v) is 2.86. The van der Waals surface area contributed by atoms with Crippen LogP contribution in [0.25, 0.3) is 5.76 Å². The Hall–Kier alpha value is -2.43. The van der Waals surface area contributed by atoms with Gasteiger partial charge in [-0.2, -0.15) is 0 Å². The van der Waals surface area contributed by atoms with Crippen molar-refractivity contribution in [1.82, 2.24) is 0 Å². The predicted octanol–water partition coefficient (Wildman–Crippen LogP) is 2.95. The number of esters is 1. The van der Waals surface area contributed by atoms with Gasteiger partial charge in [0.15, 0.2) is 0 Å². The maximum Gasteiger partial charge on any atom is 0.306 e. The number of ether oxygens (including phenoxy) is 1. The van der Waals surface area contributed by atoms with Gasteiger partial charge in [0.1, 0.15) is 5.76 Å². The zero-order valence-electron chi connectivity index (χ0n) is 13.5. The van der Waals surface area contributed by atoms with E-state index in [9.17, 15) is 19.5 Å². The molecule has 1 unspecified atom stereocenters. The molecule has 1 aliphatic rings. The van der Waals surface area contributed by atoms with Crippen molar-refractivity contribution in [2.75, 3.05) is 7.11 Å². The van der Waals surface area contributed by atoms with E-state index in [1.54, 1.807) is 18.2 Å². The Balaban J connectivity index is 2.59. The summed E-state index contributed by atoms with van der Waals surface area (Å²) >= 11 is 0. The molecule has 0 saturated heterocycles. The van der Waals surface area contributed by atoms with Crippen molar-refractivity contribution in [3.05, 3.63) is 41.0 Å². The first kappa shape index (κ1) is 16.9. The number of carbonyl (C=O) groups is 3. The van der Waals surface area contributed by atoms with Gasteiger partial charge in [-0.3, -0.25) is 14.4 Å².